The van der Waals surface area contributed by atoms with E-state index in [-0.39, 0.29) is 6.61 Å². The SMILES string of the molecule is COc1ccc(CNCc2cnn(CCO)c2)cc1OCC1CC1. The van der Waals surface area contributed by atoms with Gasteiger partial charge in [0.25, 0.3) is 0 Å². The molecule has 0 unspecified atom stereocenters. The highest BCUT2D eigenvalue weighted by atomic mass is 16.5. The molecule has 1 aliphatic carbocycles. The van der Waals surface area contributed by atoms with E-state index in [0.29, 0.717) is 12.5 Å². The first-order chi connectivity index (χ1) is 11.8. The van der Waals surface area contributed by atoms with Crippen LogP contribution in [0.3, 0.4) is 0 Å². The van der Waals surface area contributed by atoms with E-state index >= 15 is 0 Å². The molecule has 1 saturated carbocycles. The number of nitrogens with zero attached hydrogens (tertiary/aromatic N) is 2. The molecule has 6 heteroatoms. The van der Waals surface area contributed by atoms with Crippen molar-refractivity contribution in [3.63, 3.8) is 0 Å². The van der Waals surface area contributed by atoms with Crippen LogP contribution in [0.25, 0.3) is 0 Å². The highest BCUT2D eigenvalue weighted by Gasteiger charge is 2.22. The van der Waals surface area contributed by atoms with Crippen molar-refractivity contribution >= 4 is 0 Å². The monoisotopic (exact) mass is 331 g/mol. The number of methoxy groups -OCH3 is 1. The second-order valence-electron chi connectivity index (χ2n) is 6.18. The first kappa shape index (κ1) is 16.8. The third-order valence-corrected chi connectivity index (χ3v) is 4.07. The zero-order chi connectivity index (χ0) is 16.8. The Hall–Kier alpha value is -2.05. The summed E-state index contributed by atoms with van der Waals surface area (Å²) >= 11 is 0. The van der Waals surface area contributed by atoms with Crippen molar-refractivity contribution in [2.45, 2.75) is 32.5 Å². The largest absolute Gasteiger partial charge is 0.493 e. The summed E-state index contributed by atoms with van der Waals surface area (Å²) in [5.74, 6) is 2.32. The van der Waals surface area contributed by atoms with Crippen LogP contribution < -0.4 is 14.8 Å². The van der Waals surface area contributed by atoms with E-state index in [9.17, 15) is 0 Å². The molecular formula is C18H25N3O3. The van der Waals surface area contributed by atoms with E-state index in [1.54, 1.807) is 11.8 Å². The van der Waals surface area contributed by atoms with Gasteiger partial charge in [0.1, 0.15) is 0 Å². The summed E-state index contributed by atoms with van der Waals surface area (Å²) in [6, 6.07) is 6.05. The molecule has 1 heterocycles. The molecule has 130 valence electrons. The van der Waals surface area contributed by atoms with E-state index in [2.05, 4.69) is 10.4 Å². The van der Waals surface area contributed by atoms with Crippen LogP contribution in [0.5, 0.6) is 11.5 Å². The smallest absolute Gasteiger partial charge is 0.161 e. The number of nitrogens with one attached hydrogen (secondary N) is 1. The second kappa shape index (κ2) is 8.17. The van der Waals surface area contributed by atoms with Gasteiger partial charge in [0.05, 0.1) is 33.1 Å². The molecule has 0 amide bonds. The Balaban J connectivity index is 1.52. The normalized spacial score (nSPS) is 13.9. The van der Waals surface area contributed by atoms with Gasteiger partial charge in [-0.25, -0.2) is 0 Å². The fourth-order valence-electron chi connectivity index (χ4n) is 2.51. The molecule has 0 atom stereocenters. The van der Waals surface area contributed by atoms with Gasteiger partial charge in [-0.3, -0.25) is 4.68 Å². The Morgan fingerprint density at radius 3 is 2.83 bits per heavy atom. The average Bonchev–Trinajstić information content (AvgIpc) is 3.33. The molecule has 0 bridgehead atoms. The molecule has 2 aromatic rings. The van der Waals surface area contributed by atoms with Gasteiger partial charge in [-0.05, 0) is 36.5 Å². The van der Waals surface area contributed by atoms with Crippen molar-refractivity contribution in [3.8, 4) is 11.5 Å². The number of ether oxygens (including phenoxy) is 2. The first-order valence-corrected chi connectivity index (χ1v) is 8.41. The van der Waals surface area contributed by atoms with Crippen molar-refractivity contribution in [2.24, 2.45) is 5.92 Å². The number of rotatable bonds is 10. The van der Waals surface area contributed by atoms with Gasteiger partial charge < -0.3 is 19.9 Å². The van der Waals surface area contributed by atoms with Crippen molar-refractivity contribution in [3.05, 3.63) is 41.7 Å². The first-order valence-electron chi connectivity index (χ1n) is 8.41. The predicted octanol–water partition coefficient (Wildman–Crippen LogP) is 1.96. The minimum Gasteiger partial charge on any atom is -0.493 e. The van der Waals surface area contributed by atoms with Gasteiger partial charge in [0.15, 0.2) is 11.5 Å². The summed E-state index contributed by atoms with van der Waals surface area (Å²) < 4.78 is 13.0. The fourth-order valence-corrected chi connectivity index (χ4v) is 2.51. The summed E-state index contributed by atoms with van der Waals surface area (Å²) in [5, 5.41) is 16.5. The minimum atomic E-state index is 0.101. The lowest BCUT2D eigenvalue weighted by atomic mass is 10.2. The van der Waals surface area contributed by atoms with Crippen LogP contribution >= 0.6 is 0 Å². The Morgan fingerprint density at radius 2 is 2.08 bits per heavy atom. The maximum atomic E-state index is 8.91. The second-order valence-corrected chi connectivity index (χ2v) is 6.18. The molecule has 0 saturated heterocycles. The van der Waals surface area contributed by atoms with E-state index in [0.717, 1.165) is 42.3 Å². The molecule has 1 aromatic carbocycles. The fraction of sp³-hybridized carbons (Fsp3) is 0.500. The van der Waals surface area contributed by atoms with Gasteiger partial charge in [0, 0.05) is 24.8 Å². The molecule has 0 radical (unpaired) electrons. The van der Waals surface area contributed by atoms with Crippen molar-refractivity contribution < 1.29 is 14.6 Å². The number of benzene rings is 1. The molecule has 3 rings (SSSR count). The van der Waals surface area contributed by atoms with Crippen LogP contribution in [0.15, 0.2) is 30.6 Å². The summed E-state index contributed by atoms with van der Waals surface area (Å²) in [7, 11) is 1.67. The third kappa shape index (κ3) is 4.72. The number of hydrogen-bond acceptors (Lipinski definition) is 5. The topological polar surface area (TPSA) is 68.5 Å². The molecular weight excluding hydrogens is 306 g/mol. The zero-order valence-corrected chi connectivity index (χ0v) is 14.1. The molecule has 1 fully saturated rings. The molecule has 2 N–H and O–H groups in total. The summed E-state index contributed by atoms with van der Waals surface area (Å²) in [4.78, 5) is 0. The van der Waals surface area contributed by atoms with Crippen molar-refractivity contribution in [2.75, 3.05) is 20.3 Å². The van der Waals surface area contributed by atoms with Crippen LogP contribution in [-0.2, 0) is 19.6 Å². The maximum absolute atomic E-state index is 8.91. The van der Waals surface area contributed by atoms with Crippen molar-refractivity contribution in [1.29, 1.82) is 0 Å². The Kier molecular flexibility index (Phi) is 5.72. The van der Waals surface area contributed by atoms with Crippen LogP contribution in [0.1, 0.15) is 24.0 Å². The Bertz CT molecular complexity index is 653. The molecule has 6 nitrogen and oxygen atoms in total. The molecule has 0 aliphatic heterocycles. The van der Waals surface area contributed by atoms with E-state index in [1.807, 2.05) is 30.6 Å². The molecule has 1 aromatic heterocycles. The quantitative estimate of drug-likeness (QED) is 0.697. The molecule has 0 spiro atoms. The lowest BCUT2D eigenvalue weighted by molar-refractivity contribution is 0.269. The van der Waals surface area contributed by atoms with Crippen LogP contribution in [0.2, 0.25) is 0 Å². The molecule has 24 heavy (non-hydrogen) atoms. The Labute approximate surface area is 142 Å². The van der Waals surface area contributed by atoms with Gasteiger partial charge in [-0.2, -0.15) is 5.10 Å². The number of aliphatic hydroxyl groups is 1. The van der Waals surface area contributed by atoms with Gasteiger partial charge in [-0.15, -0.1) is 0 Å². The highest BCUT2D eigenvalue weighted by molar-refractivity contribution is 5.43. The summed E-state index contributed by atoms with van der Waals surface area (Å²) in [5.41, 5.74) is 2.26. The number of aromatic nitrogens is 2. The van der Waals surface area contributed by atoms with E-state index in [1.165, 1.54) is 12.8 Å². The zero-order valence-electron chi connectivity index (χ0n) is 14.1. The summed E-state index contributed by atoms with van der Waals surface area (Å²) in [6.45, 7) is 2.88. The maximum Gasteiger partial charge on any atom is 0.161 e. The van der Waals surface area contributed by atoms with E-state index < -0.39 is 0 Å². The minimum absolute atomic E-state index is 0.101. The third-order valence-electron chi connectivity index (χ3n) is 4.07. The van der Waals surface area contributed by atoms with Gasteiger partial charge in [0.2, 0.25) is 0 Å². The van der Waals surface area contributed by atoms with Crippen LogP contribution in [-0.4, -0.2) is 35.2 Å². The van der Waals surface area contributed by atoms with Crippen molar-refractivity contribution in [1.82, 2.24) is 15.1 Å². The standard InChI is InChI=1S/C18H25N3O3/c1-23-17-5-4-15(8-18(17)24-13-14-2-3-14)9-19-10-16-11-20-21(12-16)6-7-22/h4-5,8,11-12,14,19,22H,2-3,6-7,9-10,13H2,1H3. The Morgan fingerprint density at radius 1 is 1.25 bits per heavy atom. The predicted molar refractivity (Wildman–Crippen MR) is 91.1 cm³/mol. The highest BCUT2D eigenvalue weighted by Crippen LogP contribution is 2.33. The van der Waals surface area contributed by atoms with Crippen LogP contribution in [0, 0.1) is 5.92 Å². The molecule has 1 aliphatic rings. The number of hydrogen-bond donors (Lipinski definition) is 2. The van der Waals surface area contributed by atoms with Crippen LogP contribution in [0.4, 0.5) is 0 Å². The van der Waals surface area contributed by atoms with Gasteiger partial charge in [-0.1, -0.05) is 6.07 Å². The van der Waals surface area contributed by atoms with E-state index in [4.69, 9.17) is 14.6 Å². The lowest BCUT2D eigenvalue weighted by Gasteiger charge is -2.12. The number of aliphatic hydroxyl groups excluding tert-OH is 1. The van der Waals surface area contributed by atoms with Gasteiger partial charge >= 0.3 is 0 Å². The lowest BCUT2D eigenvalue weighted by Crippen LogP contribution is -2.12. The average molecular weight is 331 g/mol. The summed E-state index contributed by atoms with van der Waals surface area (Å²) in [6.07, 6.45) is 6.31.